The Morgan fingerprint density at radius 1 is 1.22 bits per heavy atom. The van der Waals surface area contributed by atoms with E-state index in [1.54, 1.807) is 6.08 Å². The third-order valence-electron chi connectivity index (χ3n) is 4.29. The van der Waals surface area contributed by atoms with Gasteiger partial charge in [0, 0.05) is 17.1 Å². The summed E-state index contributed by atoms with van der Waals surface area (Å²) in [5.74, 6) is 2.83. The van der Waals surface area contributed by atoms with Gasteiger partial charge in [0.2, 0.25) is 0 Å². The van der Waals surface area contributed by atoms with Gasteiger partial charge in [0.05, 0.1) is 18.1 Å². The molecule has 2 amide bonds. The molecule has 1 aromatic carbocycles. The van der Waals surface area contributed by atoms with Crippen molar-refractivity contribution in [1.29, 1.82) is 0 Å². The number of terminal acetylenes is 1. The van der Waals surface area contributed by atoms with E-state index in [-0.39, 0.29) is 17.7 Å². The molecular weight excluding hydrogens is 360 g/mol. The molecule has 0 aliphatic carbocycles. The molecule has 5 nitrogen and oxygen atoms in total. The van der Waals surface area contributed by atoms with Gasteiger partial charge in [0.25, 0.3) is 11.1 Å². The topological polar surface area (TPSA) is 51.5 Å². The molecule has 0 atom stereocenters. The minimum Gasteiger partial charge on any atom is -0.494 e. The van der Waals surface area contributed by atoms with Crippen LogP contribution < -0.4 is 4.74 Å². The summed E-state index contributed by atoms with van der Waals surface area (Å²) in [6, 6.07) is 9.86. The minimum atomic E-state index is -0.339. The number of hydrogen-bond acceptors (Lipinski definition) is 4. The van der Waals surface area contributed by atoms with Gasteiger partial charge in [-0.25, -0.2) is 0 Å². The lowest BCUT2D eigenvalue weighted by Gasteiger charge is -2.11. The number of aromatic nitrogens is 1. The molecule has 2 heterocycles. The van der Waals surface area contributed by atoms with E-state index in [2.05, 4.69) is 10.5 Å². The van der Waals surface area contributed by atoms with Gasteiger partial charge in [-0.05, 0) is 74.5 Å². The zero-order valence-electron chi connectivity index (χ0n) is 15.5. The molecule has 0 radical (unpaired) electrons. The second-order valence-corrected chi connectivity index (χ2v) is 7.05. The van der Waals surface area contributed by atoms with Crippen LogP contribution in [0.15, 0.2) is 35.2 Å². The van der Waals surface area contributed by atoms with Crippen LogP contribution in [0.1, 0.15) is 23.9 Å². The number of carbonyl (C=O) groups is 2. The average molecular weight is 380 g/mol. The first-order chi connectivity index (χ1) is 13.0. The van der Waals surface area contributed by atoms with E-state index >= 15 is 0 Å². The largest absolute Gasteiger partial charge is 0.494 e. The third kappa shape index (κ3) is 3.64. The van der Waals surface area contributed by atoms with Crippen LogP contribution in [0, 0.1) is 26.2 Å². The molecule has 1 aromatic heterocycles. The summed E-state index contributed by atoms with van der Waals surface area (Å²) in [6.07, 6.45) is 6.99. The van der Waals surface area contributed by atoms with Crippen molar-refractivity contribution in [3.63, 3.8) is 0 Å². The predicted molar refractivity (Wildman–Crippen MR) is 108 cm³/mol. The molecule has 0 N–H and O–H groups in total. The van der Waals surface area contributed by atoms with Gasteiger partial charge >= 0.3 is 0 Å². The fourth-order valence-electron chi connectivity index (χ4n) is 3.06. The minimum absolute atomic E-state index is 0.00674. The Balaban J connectivity index is 1.94. The first-order valence-corrected chi connectivity index (χ1v) is 9.39. The molecule has 3 rings (SSSR count). The zero-order chi connectivity index (χ0) is 19.6. The molecule has 1 aliphatic heterocycles. The van der Waals surface area contributed by atoms with E-state index < -0.39 is 0 Å². The van der Waals surface area contributed by atoms with Crippen LogP contribution in [-0.2, 0) is 4.79 Å². The van der Waals surface area contributed by atoms with E-state index in [1.165, 1.54) is 0 Å². The van der Waals surface area contributed by atoms with Crippen molar-refractivity contribution >= 4 is 29.0 Å². The summed E-state index contributed by atoms with van der Waals surface area (Å²) in [7, 11) is 0. The zero-order valence-corrected chi connectivity index (χ0v) is 16.3. The summed E-state index contributed by atoms with van der Waals surface area (Å²) in [6.45, 7) is 6.56. The van der Waals surface area contributed by atoms with Crippen LogP contribution >= 0.6 is 11.8 Å². The number of benzene rings is 1. The molecule has 27 heavy (non-hydrogen) atoms. The Kier molecular flexibility index (Phi) is 5.43. The molecular formula is C21H20N2O3S. The Labute approximate surface area is 163 Å². The number of nitrogens with zero attached hydrogens (tertiary/aromatic N) is 2. The lowest BCUT2D eigenvalue weighted by atomic mass is 10.2. The molecule has 1 saturated heterocycles. The van der Waals surface area contributed by atoms with Gasteiger partial charge in [-0.3, -0.25) is 14.5 Å². The molecule has 0 spiro atoms. The monoisotopic (exact) mass is 380 g/mol. The summed E-state index contributed by atoms with van der Waals surface area (Å²) >= 11 is 0.921. The molecule has 0 bridgehead atoms. The van der Waals surface area contributed by atoms with Gasteiger partial charge < -0.3 is 9.30 Å². The fourth-order valence-corrected chi connectivity index (χ4v) is 3.89. The highest BCUT2D eigenvalue weighted by atomic mass is 32.2. The van der Waals surface area contributed by atoms with Gasteiger partial charge in [0.15, 0.2) is 0 Å². The van der Waals surface area contributed by atoms with Crippen LogP contribution in [0.4, 0.5) is 4.79 Å². The maximum atomic E-state index is 12.4. The Morgan fingerprint density at radius 2 is 1.93 bits per heavy atom. The van der Waals surface area contributed by atoms with E-state index in [1.807, 2.05) is 51.1 Å². The lowest BCUT2D eigenvalue weighted by molar-refractivity contribution is -0.122. The number of amides is 2. The number of imide groups is 1. The van der Waals surface area contributed by atoms with E-state index in [9.17, 15) is 9.59 Å². The van der Waals surface area contributed by atoms with Crippen molar-refractivity contribution in [2.75, 3.05) is 13.2 Å². The van der Waals surface area contributed by atoms with Gasteiger partial charge in [-0.15, -0.1) is 6.42 Å². The Morgan fingerprint density at radius 3 is 2.56 bits per heavy atom. The molecule has 6 heteroatoms. The molecule has 2 aromatic rings. The van der Waals surface area contributed by atoms with Crippen molar-refractivity contribution in [1.82, 2.24) is 9.47 Å². The first-order valence-electron chi connectivity index (χ1n) is 8.57. The number of ether oxygens (including phenoxy) is 1. The maximum Gasteiger partial charge on any atom is 0.294 e. The van der Waals surface area contributed by atoms with Crippen molar-refractivity contribution in [3.8, 4) is 23.8 Å². The SMILES string of the molecule is C#CCN1C(=O)S/C(=C/c2cc(C)n(-c3ccc(OCC)cc3)c2C)C1=O. The molecule has 0 unspecified atom stereocenters. The highest BCUT2D eigenvalue weighted by molar-refractivity contribution is 8.18. The highest BCUT2D eigenvalue weighted by Crippen LogP contribution is 2.33. The van der Waals surface area contributed by atoms with E-state index in [0.29, 0.717) is 11.5 Å². The molecule has 1 aliphatic rings. The van der Waals surface area contributed by atoms with Gasteiger partial charge in [-0.1, -0.05) is 5.92 Å². The molecule has 138 valence electrons. The van der Waals surface area contributed by atoms with Crippen LogP contribution in [0.3, 0.4) is 0 Å². The second kappa shape index (κ2) is 7.77. The van der Waals surface area contributed by atoms with E-state index in [0.717, 1.165) is 45.1 Å². The summed E-state index contributed by atoms with van der Waals surface area (Å²) in [5, 5.41) is -0.329. The van der Waals surface area contributed by atoms with Gasteiger partial charge in [-0.2, -0.15) is 0 Å². The predicted octanol–water partition coefficient (Wildman–Crippen LogP) is 4.16. The van der Waals surface area contributed by atoms with Crippen LogP contribution in [0.2, 0.25) is 0 Å². The second-order valence-electron chi connectivity index (χ2n) is 6.06. The van der Waals surface area contributed by atoms with E-state index in [4.69, 9.17) is 11.2 Å². The summed E-state index contributed by atoms with van der Waals surface area (Å²) < 4.78 is 7.60. The number of thioether (sulfide) groups is 1. The van der Waals surface area contributed by atoms with Crippen LogP contribution in [0.5, 0.6) is 5.75 Å². The normalized spacial score (nSPS) is 15.5. The molecule has 0 saturated carbocycles. The van der Waals surface area contributed by atoms with Crippen molar-refractivity contribution < 1.29 is 14.3 Å². The summed E-state index contributed by atoms with van der Waals surface area (Å²) in [5.41, 5.74) is 3.92. The van der Waals surface area contributed by atoms with Crippen LogP contribution in [-0.4, -0.2) is 33.8 Å². The fraction of sp³-hybridized carbons (Fsp3) is 0.238. The highest BCUT2D eigenvalue weighted by Gasteiger charge is 2.34. The Hall–Kier alpha value is -2.91. The lowest BCUT2D eigenvalue weighted by Crippen LogP contribution is -2.28. The number of rotatable bonds is 5. The number of hydrogen-bond donors (Lipinski definition) is 0. The van der Waals surface area contributed by atoms with Crippen molar-refractivity contribution in [2.24, 2.45) is 0 Å². The Bertz CT molecular complexity index is 965. The van der Waals surface area contributed by atoms with Crippen molar-refractivity contribution in [3.05, 3.63) is 52.2 Å². The summed E-state index contributed by atoms with van der Waals surface area (Å²) in [4.78, 5) is 25.8. The molecule has 1 fully saturated rings. The average Bonchev–Trinajstić information content (AvgIpc) is 3.07. The van der Waals surface area contributed by atoms with Crippen LogP contribution in [0.25, 0.3) is 11.8 Å². The number of carbonyl (C=O) groups excluding carboxylic acids is 2. The maximum absolute atomic E-state index is 12.4. The number of aryl methyl sites for hydroxylation is 1. The quantitative estimate of drug-likeness (QED) is 0.577. The standard InChI is InChI=1S/C21H20N2O3S/c1-5-11-22-20(24)19(27-21(22)25)13-16-12-14(3)23(15(16)4)17-7-9-18(10-8-17)26-6-2/h1,7-10,12-13H,6,11H2,2-4H3/b19-13+. The van der Waals surface area contributed by atoms with Gasteiger partial charge in [0.1, 0.15) is 5.75 Å². The van der Waals surface area contributed by atoms with Crippen molar-refractivity contribution in [2.45, 2.75) is 20.8 Å². The third-order valence-corrected chi connectivity index (χ3v) is 5.19. The smallest absolute Gasteiger partial charge is 0.294 e. The first kappa shape index (κ1) is 18.9.